The smallest absolute Gasteiger partial charge is 0.106 e. The molecular weight excluding hydrogens is 348 g/mol. The molecular formula is C24H50N2S. The number of hydrogen-bond donors (Lipinski definition) is 0. The second kappa shape index (κ2) is 22.1. The Kier molecular flexibility index (Phi) is 22.0. The van der Waals surface area contributed by atoms with Crippen LogP contribution in [0.4, 0.5) is 0 Å². The van der Waals surface area contributed by atoms with Gasteiger partial charge in [-0.05, 0) is 38.1 Å². The quantitative estimate of drug-likeness (QED) is 0.0882. The van der Waals surface area contributed by atoms with E-state index in [1.54, 1.807) is 0 Å². The number of unbranched alkanes of at least 4 members (excludes halogenated alkanes) is 13. The topological polar surface area (TPSA) is 15.6 Å². The fourth-order valence-electron chi connectivity index (χ4n) is 3.27. The van der Waals surface area contributed by atoms with E-state index in [-0.39, 0.29) is 0 Å². The van der Waals surface area contributed by atoms with Crippen molar-refractivity contribution in [3.63, 3.8) is 0 Å². The second-order valence-electron chi connectivity index (χ2n) is 7.96. The molecule has 0 radical (unpaired) electrons. The molecule has 0 rings (SSSR count). The zero-order valence-electron chi connectivity index (χ0n) is 19.2. The van der Waals surface area contributed by atoms with Crippen molar-refractivity contribution >= 4 is 17.8 Å². The van der Waals surface area contributed by atoms with Crippen LogP contribution in [0.25, 0.3) is 0 Å². The SMILES string of the molecule is CCCCCCCCCCSN(CCCCCC)/C(C)=N/CCCCCC. The highest BCUT2D eigenvalue weighted by Crippen LogP contribution is 2.17. The summed E-state index contributed by atoms with van der Waals surface area (Å²) < 4.78 is 2.50. The normalized spacial score (nSPS) is 11.9. The predicted molar refractivity (Wildman–Crippen MR) is 128 cm³/mol. The van der Waals surface area contributed by atoms with Gasteiger partial charge in [-0.3, -0.25) is 4.99 Å². The van der Waals surface area contributed by atoms with Gasteiger partial charge in [0.05, 0.1) is 0 Å². The van der Waals surface area contributed by atoms with Crippen LogP contribution in [-0.4, -0.2) is 29.0 Å². The van der Waals surface area contributed by atoms with Crippen molar-refractivity contribution in [1.82, 2.24) is 4.31 Å². The van der Waals surface area contributed by atoms with Crippen LogP contribution in [0.15, 0.2) is 4.99 Å². The van der Waals surface area contributed by atoms with E-state index in [2.05, 4.69) is 32.0 Å². The minimum Gasteiger partial charge on any atom is -0.305 e. The largest absolute Gasteiger partial charge is 0.305 e. The van der Waals surface area contributed by atoms with Gasteiger partial charge in [0.1, 0.15) is 5.84 Å². The average Bonchev–Trinajstić information content (AvgIpc) is 2.68. The van der Waals surface area contributed by atoms with E-state index in [1.165, 1.54) is 121 Å². The summed E-state index contributed by atoms with van der Waals surface area (Å²) in [6.07, 6.45) is 21.8. The van der Waals surface area contributed by atoms with Gasteiger partial charge in [0.2, 0.25) is 0 Å². The molecule has 0 atom stereocenters. The summed E-state index contributed by atoms with van der Waals surface area (Å²) in [5, 5.41) is 0. The van der Waals surface area contributed by atoms with Crippen molar-refractivity contribution in [2.75, 3.05) is 18.8 Å². The first kappa shape index (κ1) is 26.8. The van der Waals surface area contributed by atoms with E-state index >= 15 is 0 Å². The van der Waals surface area contributed by atoms with Gasteiger partial charge >= 0.3 is 0 Å². The Balaban J connectivity index is 4.01. The third-order valence-corrected chi connectivity index (χ3v) is 6.40. The molecule has 0 amide bonds. The van der Waals surface area contributed by atoms with Gasteiger partial charge in [0.15, 0.2) is 0 Å². The third kappa shape index (κ3) is 18.9. The Morgan fingerprint density at radius 2 is 1.11 bits per heavy atom. The zero-order chi connectivity index (χ0) is 20.0. The first-order chi connectivity index (χ1) is 13.3. The molecule has 0 N–H and O–H groups in total. The molecule has 0 aromatic rings. The van der Waals surface area contributed by atoms with Crippen molar-refractivity contribution in [3.05, 3.63) is 0 Å². The Bertz CT molecular complexity index is 318. The molecule has 0 spiro atoms. The molecule has 0 heterocycles. The maximum atomic E-state index is 4.87. The highest BCUT2D eigenvalue weighted by Gasteiger charge is 2.07. The predicted octanol–water partition coefficient (Wildman–Crippen LogP) is 8.66. The maximum absolute atomic E-state index is 4.87. The van der Waals surface area contributed by atoms with Crippen LogP contribution in [-0.2, 0) is 0 Å². The molecule has 0 aliphatic rings. The summed E-state index contributed by atoms with van der Waals surface area (Å²) in [7, 11) is 0. The molecule has 3 heteroatoms. The molecule has 0 aliphatic carbocycles. The van der Waals surface area contributed by atoms with Gasteiger partial charge in [-0.2, -0.15) is 0 Å². The minimum absolute atomic E-state index is 1.01. The van der Waals surface area contributed by atoms with E-state index < -0.39 is 0 Å². The van der Waals surface area contributed by atoms with E-state index in [0.29, 0.717) is 0 Å². The van der Waals surface area contributed by atoms with Crippen LogP contribution in [0, 0.1) is 0 Å². The molecule has 0 aliphatic heterocycles. The van der Waals surface area contributed by atoms with Gasteiger partial charge in [-0.15, -0.1) is 0 Å². The summed E-state index contributed by atoms with van der Waals surface area (Å²) in [5.74, 6) is 2.51. The van der Waals surface area contributed by atoms with Crippen molar-refractivity contribution in [2.24, 2.45) is 4.99 Å². The summed E-state index contributed by atoms with van der Waals surface area (Å²) in [6, 6.07) is 0. The number of hydrogen-bond acceptors (Lipinski definition) is 2. The monoisotopic (exact) mass is 398 g/mol. The molecule has 0 unspecified atom stereocenters. The number of aliphatic imine (C=N–C) groups is 1. The number of amidine groups is 1. The summed E-state index contributed by atoms with van der Waals surface area (Å²) >= 11 is 2.03. The third-order valence-electron chi connectivity index (χ3n) is 5.17. The highest BCUT2D eigenvalue weighted by molar-refractivity contribution is 7.97. The van der Waals surface area contributed by atoms with Gasteiger partial charge in [-0.25, -0.2) is 0 Å². The van der Waals surface area contributed by atoms with Crippen LogP contribution in [0.3, 0.4) is 0 Å². The van der Waals surface area contributed by atoms with Crippen molar-refractivity contribution in [1.29, 1.82) is 0 Å². The Labute approximate surface area is 176 Å². The van der Waals surface area contributed by atoms with Crippen LogP contribution >= 0.6 is 11.9 Å². The lowest BCUT2D eigenvalue weighted by molar-refractivity contribution is 0.568. The van der Waals surface area contributed by atoms with Crippen molar-refractivity contribution < 1.29 is 0 Å². The maximum Gasteiger partial charge on any atom is 0.106 e. The standard InChI is InChI=1S/C24H50N2S/c1-5-8-11-14-15-16-17-20-23-27-26(22-19-13-10-7-3)24(4)25-21-18-12-9-6-2/h5-23H2,1-4H3/b25-24+. The Morgan fingerprint density at radius 3 is 1.70 bits per heavy atom. The summed E-state index contributed by atoms with van der Waals surface area (Å²) in [6.45, 7) is 11.3. The summed E-state index contributed by atoms with van der Waals surface area (Å²) in [5.41, 5.74) is 0. The molecule has 0 aromatic carbocycles. The first-order valence-electron chi connectivity index (χ1n) is 12.2. The van der Waals surface area contributed by atoms with Gasteiger partial charge in [-0.1, -0.05) is 104 Å². The minimum atomic E-state index is 1.01. The van der Waals surface area contributed by atoms with Crippen LogP contribution in [0.2, 0.25) is 0 Å². The second-order valence-corrected chi connectivity index (χ2v) is 9.07. The van der Waals surface area contributed by atoms with Gasteiger partial charge in [0.25, 0.3) is 0 Å². The molecule has 162 valence electrons. The van der Waals surface area contributed by atoms with E-state index in [4.69, 9.17) is 4.99 Å². The number of nitrogens with zero attached hydrogens (tertiary/aromatic N) is 2. The van der Waals surface area contributed by atoms with E-state index in [1.807, 2.05) is 11.9 Å². The fraction of sp³-hybridized carbons (Fsp3) is 0.958. The Morgan fingerprint density at radius 1 is 0.630 bits per heavy atom. The molecule has 0 aromatic heterocycles. The van der Waals surface area contributed by atoms with Crippen molar-refractivity contribution in [3.8, 4) is 0 Å². The molecule has 0 saturated carbocycles. The Hall–Kier alpha value is -0.180. The molecule has 0 saturated heterocycles. The number of rotatable bonds is 20. The van der Waals surface area contributed by atoms with Crippen LogP contribution in [0.1, 0.15) is 130 Å². The average molecular weight is 399 g/mol. The van der Waals surface area contributed by atoms with Gasteiger partial charge in [0, 0.05) is 18.8 Å². The van der Waals surface area contributed by atoms with E-state index in [0.717, 1.165) is 6.54 Å². The first-order valence-corrected chi connectivity index (χ1v) is 13.1. The van der Waals surface area contributed by atoms with Crippen molar-refractivity contribution in [2.45, 2.75) is 130 Å². The highest BCUT2D eigenvalue weighted by atomic mass is 32.2. The summed E-state index contributed by atoms with van der Waals surface area (Å²) in [4.78, 5) is 4.87. The molecule has 2 nitrogen and oxygen atoms in total. The molecule has 0 fully saturated rings. The molecule has 27 heavy (non-hydrogen) atoms. The van der Waals surface area contributed by atoms with Crippen LogP contribution in [0.5, 0.6) is 0 Å². The van der Waals surface area contributed by atoms with Gasteiger partial charge < -0.3 is 4.31 Å². The fourth-order valence-corrected chi connectivity index (χ4v) is 4.33. The lowest BCUT2D eigenvalue weighted by atomic mass is 10.1. The van der Waals surface area contributed by atoms with E-state index in [9.17, 15) is 0 Å². The lowest BCUT2D eigenvalue weighted by Crippen LogP contribution is -2.24. The molecule has 0 bridgehead atoms. The zero-order valence-corrected chi connectivity index (χ0v) is 20.1. The van der Waals surface area contributed by atoms with Crippen LogP contribution < -0.4 is 0 Å². The lowest BCUT2D eigenvalue weighted by Gasteiger charge is -2.23.